The molecule has 0 saturated heterocycles. The first kappa shape index (κ1) is 12.2. The third-order valence-electron chi connectivity index (χ3n) is 2.03. The van der Waals surface area contributed by atoms with Crippen LogP contribution < -0.4 is 10.7 Å². The standard InChI is InChI=1S/C9H8N4O4S/c14-5-1-2-6(7(15)3-5)11-12-9-10-4-8(18-9)13(16)17/h1-4,9-10,12,15H/b11-6+. The molecule has 1 aliphatic heterocycles. The van der Waals surface area contributed by atoms with Crippen LogP contribution in [0.5, 0.6) is 0 Å². The number of carbonyl (C=O) groups is 1. The topological polar surface area (TPSA) is 117 Å². The summed E-state index contributed by atoms with van der Waals surface area (Å²) in [6, 6.07) is 0. The van der Waals surface area contributed by atoms with Gasteiger partial charge in [0.15, 0.2) is 11.3 Å². The Morgan fingerprint density at radius 2 is 2.33 bits per heavy atom. The zero-order valence-corrected chi connectivity index (χ0v) is 9.68. The number of allylic oxidation sites excluding steroid dienone is 3. The molecule has 0 aromatic heterocycles. The Morgan fingerprint density at radius 3 is 2.94 bits per heavy atom. The molecule has 2 rings (SSSR count). The summed E-state index contributed by atoms with van der Waals surface area (Å²) in [6.45, 7) is 0. The molecule has 18 heavy (non-hydrogen) atoms. The summed E-state index contributed by atoms with van der Waals surface area (Å²) in [5, 5.41) is 26.4. The van der Waals surface area contributed by atoms with Crippen molar-refractivity contribution in [2.45, 2.75) is 5.50 Å². The second kappa shape index (κ2) is 4.92. The Labute approximate surface area is 105 Å². The number of ketones is 1. The number of nitrogens with one attached hydrogen (secondary N) is 2. The van der Waals surface area contributed by atoms with Crippen molar-refractivity contribution < 1.29 is 14.8 Å². The molecule has 1 atom stereocenters. The Morgan fingerprint density at radius 1 is 1.56 bits per heavy atom. The van der Waals surface area contributed by atoms with E-state index in [0.717, 1.165) is 17.8 Å². The fraction of sp³-hybridized carbons (Fsp3) is 0.111. The average molecular weight is 268 g/mol. The van der Waals surface area contributed by atoms with E-state index < -0.39 is 10.4 Å². The lowest BCUT2D eigenvalue weighted by atomic mass is 10.1. The Kier molecular flexibility index (Phi) is 3.33. The zero-order valence-electron chi connectivity index (χ0n) is 8.86. The van der Waals surface area contributed by atoms with Crippen LogP contribution in [0.25, 0.3) is 0 Å². The van der Waals surface area contributed by atoms with Crippen LogP contribution in [0.3, 0.4) is 0 Å². The minimum atomic E-state index is -0.511. The van der Waals surface area contributed by atoms with Crippen LogP contribution in [0.1, 0.15) is 0 Å². The van der Waals surface area contributed by atoms with Crippen molar-refractivity contribution >= 4 is 23.3 Å². The van der Waals surface area contributed by atoms with E-state index in [1.54, 1.807) is 0 Å². The average Bonchev–Trinajstić information content (AvgIpc) is 2.76. The number of nitrogens with zero attached hydrogens (tertiary/aromatic N) is 2. The highest BCUT2D eigenvalue weighted by molar-refractivity contribution is 8.03. The lowest BCUT2D eigenvalue weighted by Crippen LogP contribution is -2.31. The highest BCUT2D eigenvalue weighted by Gasteiger charge is 2.25. The van der Waals surface area contributed by atoms with Crippen LogP contribution in [0.15, 0.2) is 40.3 Å². The van der Waals surface area contributed by atoms with Crippen molar-refractivity contribution in [2.75, 3.05) is 0 Å². The molecule has 0 spiro atoms. The van der Waals surface area contributed by atoms with Gasteiger partial charge in [-0.15, -0.1) is 0 Å². The van der Waals surface area contributed by atoms with E-state index in [1.165, 1.54) is 18.4 Å². The number of nitro groups is 1. The van der Waals surface area contributed by atoms with Crippen molar-refractivity contribution in [3.05, 3.63) is 45.3 Å². The van der Waals surface area contributed by atoms with Crippen molar-refractivity contribution in [3.63, 3.8) is 0 Å². The van der Waals surface area contributed by atoms with Crippen LogP contribution in [-0.2, 0) is 4.79 Å². The number of carbonyl (C=O) groups excluding carboxylic acids is 1. The molecule has 0 bridgehead atoms. The van der Waals surface area contributed by atoms with Gasteiger partial charge in [0, 0.05) is 6.08 Å². The van der Waals surface area contributed by atoms with Gasteiger partial charge >= 0.3 is 5.03 Å². The van der Waals surface area contributed by atoms with E-state index in [-0.39, 0.29) is 22.3 Å². The summed E-state index contributed by atoms with van der Waals surface area (Å²) in [6.07, 6.45) is 4.91. The molecule has 0 aromatic carbocycles. The number of hydrogen-bond donors (Lipinski definition) is 3. The number of thioether (sulfide) groups is 1. The molecule has 0 radical (unpaired) electrons. The SMILES string of the molecule is O=C1C=C/C(=N\NC2NC=C([N+](=O)[O-])S2)C(O)=C1. The third-order valence-corrected chi connectivity index (χ3v) is 3.01. The molecule has 2 aliphatic rings. The molecule has 1 aliphatic carbocycles. The second-order valence-corrected chi connectivity index (χ2v) is 4.42. The maximum Gasteiger partial charge on any atom is 0.322 e. The quantitative estimate of drug-likeness (QED) is 0.380. The van der Waals surface area contributed by atoms with Crippen LogP contribution >= 0.6 is 11.8 Å². The molecule has 8 nitrogen and oxygen atoms in total. The van der Waals surface area contributed by atoms with Crippen LogP contribution in [0.4, 0.5) is 0 Å². The summed E-state index contributed by atoms with van der Waals surface area (Å²) in [5.74, 6) is -0.572. The number of rotatable bonds is 3. The van der Waals surface area contributed by atoms with Gasteiger partial charge in [0.25, 0.3) is 0 Å². The van der Waals surface area contributed by atoms with Crippen LogP contribution in [-0.4, -0.2) is 27.0 Å². The van der Waals surface area contributed by atoms with Crippen molar-refractivity contribution in [1.29, 1.82) is 0 Å². The molecule has 9 heteroatoms. The van der Waals surface area contributed by atoms with E-state index in [4.69, 9.17) is 0 Å². The van der Waals surface area contributed by atoms with Crippen molar-refractivity contribution in [1.82, 2.24) is 10.7 Å². The van der Waals surface area contributed by atoms with E-state index in [0.29, 0.717) is 0 Å². The fourth-order valence-electron chi connectivity index (χ4n) is 1.22. The largest absolute Gasteiger partial charge is 0.505 e. The summed E-state index contributed by atoms with van der Waals surface area (Å²) >= 11 is 0.950. The number of hydrazone groups is 1. The number of aliphatic hydroxyl groups excluding tert-OH is 1. The minimum absolute atomic E-state index is 0.0261. The van der Waals surface area contributed by atoms with Gasteiger partial charge in [-0.05, 0) is 23.9 Å². The molecule has 0 amide bonds. The van der Waals surface area contributed by atoms with E-state index in [2.05, 4.69) is 15.8 Å². The van der Waals surface area contributed by atoms with Gasteiger partial charge in [0.2, 0.25) is 0 Å². The zero-order chi connectivity index (χ0) is 13.1. The monoisotopic (exact) mass is 268 g/mol. The highest BCUT2D eigenvalue weighted by atomic mass is 32.2. The van der Waals surface area contributed by atoms with Crippen LogP contribution in [0.2, 0.25) is 0 Å². The summed E-state index contributed by atoms with van der Waals surface area (Å²) in [7, 11) is 0. The number of aliphatic hydroxyl groups is 1. The summed E-state index contributed by atoms with van der Waals surface area (Å²) in [5.41, 5.74) is 2.30. The lowest BCUT2D eigenvalue weighted by molar-refractivity contribution is -0.410. The predicted octanol–water partition coefficient (Wildman–Crippen LogP) is 0.208. The fourth-order valence-corrected chi connectivity index (χ4v) is 1.93. The van der Waals surface area contributed by atoms with Crippen molar-refractivity contribution in [3.8, 4) is 0 Å². The van der Waals surface area contributed by atoms with Gasteiger partial charge in [0.05, 0.1) is 11.1 Å². The molecule has 0 fully saturated rings. The van der Waals surface area contributed by atoms with Crippen LogP contribution in [0, 0.1) is 10.1 Å². The van der Waals surface area contributed by atoms with Gasteiger partial charge in [0.1, 0.15) is 11.5 Å². The first-order valence-corrected chi connectivity index (χ1v) is 5.68. The third kappa shape index (κ3) is 2.69. The van der Waals surface area contributed by atoms with Gasteiger partial charge in [-0.1, -0.05) is 0 Å². The summed E-state index contributed by atoms with van der Waals surface area (Å²) in [4.78, 5) is 20.8. The molecular formula is C9H8N4O4S. The maximum atomic E-state index is 10.9. The highest BCUT2D eigenvalue weighted by Crippen LogP contribution is 2.23. The first-order chi connectivity index (χ1) is 8.56. The Bertz CT molecular complexity index is 523. The molecule has 94 valence electrons. The van der Waals surface area contributed by atoms with Gasteiger partial charge in [-0.3, -0.25) is 20.3 Å². The molecule has 1 heterocycles. The summed E-state index contributed by atoms with van der Waals surface area (Å²) < 4.78 is 0. The second-order valence-electron chi connectivity index (χ2n) is 3.30. The smallest absolute Gasteiger partial charge is 0.322 e. The maximum absolute atomic E-state index is 10.9. The molecule has 1 unspecified atom stereocenters. The molecular weight excluding hydrogens is 260 g/mol. The molecule has 3 N–H and O–H groups in total. The first-order valence-electron chi connectivity index (χ1n) is 4.80. The molecule has 0 saturated carbocycles. The van der Waals surface area contributed by atoms with E-state index in [1.807, 2.05) is 0 Å². The lowest BCUT2D eigenvalue weighted by Gasteiger charge is -2.10. The minimum Gasteiger partial charge on any atom is -0.505 e. The van der Waals surface area contributed by atoms with Crippen molar-refractivity contribution in [2.24, 2.45) is 5.10 Å². The predicted molar refractivity (Wildman–Crippen MR) is 65.0 cm³/mol. The van der Waals surface area contributed by atoms with E-state index in [9.17, 15) is 20.0 Å². The van der Waals surface area contributed by atoms with Gasteiger partial charge < -0.3 is 10.4 Å². The number of hydrogen-bond acceptors (Lipinski definition) is 8. The van der Waals surface area contributed by atoms with Gasteiger partial charge in [-0.2, -0.15) is 5.10 Å². The molecule has 0 aromatic rings. The van der Waals surface area contributed by atoms with E-state index >= 15 is 0 Å². The Hall–Kier alpha value is -2.29. The normalized spacial score (nSPS) is 24.6. The van der Waals surface area contributed by atoms with Gasteiger partial charge in [-0.25, -0.2) is 0 Å². The Balaban J connectivity index is 1.94.